The second-order valence-electron chi connectivity index (χ2n) is 8.57. The van der Waals surface area contributed by atoms with Gasteiger partial charge in [0.2, 0.25) is 21.8 Å². The summed E-state index contributed by atoms with van der Waals surface area (Å²) in [6.07, 6.45) is 1.25. The highest BCUT2D eigenvalue weighted by Gasteiger charge is 2.33. The molecule has 1 N–H and O–H groups in total. The maximum absolute atomic E-state index is 14.0. The molecular weight excluding hydrogens is 660 g/mol. The molecule has 0 heterocycles. The molecule has 1 atom stereocenters. The lowest BCUT2D eigenvalue weighted by Gasteiger charge is -2.33. The molecule has 38 heavy (non-hydrogen) atoms. The van der Waals surface area contributed by atoms with Gasteiger partial charge in [0.15, 0.2) is 0 Å². The fraction of sp³-hybridized carbons (Fsp3) is 0.259. The van der Waals surface area contributed by atoms with Gasteiger partial charge in [0.05, 0.1) is 11.9 Å². The molecule has 0 saturated heterocycles. The van der Waals surface area contributed by atoms with Crippen molar-refractivity contribution in [3.63, 3.8) is 0 Å². The average molecular weight is 688 g/mol. The van der Waals surface area contributed by atoms with Crippen LogP contribution < -0.4 is 9.62 Å². The van der Waals surface area contributed by atoms with Gasteiger partial charge in [0, 0.05) is 38.7 Å². The molecule has 3 rings (SSSR count). The molecule has 3 aromatic carbocycles. The van der Waals surface area contributed by atoms with Crippen LogP contribution in [0.3, 0.4) is 0 Å². The minimum atomic E-state index is -3.83. The first kappa shape index (κ1) is 30.2. The highest BCUT2D eigenvalue weighted by Crippen LogP contribution is 2.28. The maximum atomic E-state index is 14.0. The minimum absolute atomic E-state index is 0.0870. The van der Waals surface area contributed by atoms with Crippen molar-refractivity contribution in [2.75, 3.05) is 23.7 Å². The fourth-order valence-corrected chi connectivity index (χ4v) is 5.65. The summed E-state index contributed by atoms with van der Waals surface area (Å²) in [7, 11) is -3.83. The molecule has 11 heteroatoms. The summed E-state index contributed by atoms with van der Waals surface area (Å²) in [6, 6.07) is 20.1. The standard InChI is InChI=1S/C27H28Cl2IN3O4S/c1-3-31-27(35)25(16-19-8-5-4-6-9-19)32(17-22-23(28)10-7-11-24(22)29)26(34)18-33(38(2,36)37)21-14-12-20(30)13-15-21/h4-15,25H,3,16-18H2,1-2H3,(H,31,35)/t25-/m1/s1. The van der Waals surface area contributed by atoms with Crippen molar-refractivity contribution in [2.24, 2.45) is 0 Å². The van der Waals surface area contributed by atoms with Crippen LogP contribution in [0, 0.1) is 3.57 Å². The van der Waals surface area contributed by atoms with Crippen LogP contribution in [-0.2, 0) is 32.6 Å². The van der Waals surface area contributed by atoms with Gasteiger partial charge in [0.25, 0.3) is 0 Å². The van der Waals surface area contributed by atoms with Gasteiger partial charge < -0.3 is 10.2 Å². The molecule has 0 aliphatic heterocycles. The van der Waals surface area contributed by atoms with E-state index in [-0.39, 0.29) is 18.9 Å². The Kier molecular flexibility index (Phi) is 10.8. The molecule has 0 bridgehead atoms. The lowest BCUT2D eigenvalue weighted by molar-refractivity contribution is -0.140. The van der Waals surface area contributed by atoms with E-state index in [0.29, 0.717) is 27.8 Å². The summed E-state index contributed by atoms with van der Waals surface area (Å²) in [5.74, 6) is -0.940. The first-order valence-electron chi connectivity index (χ1n) is 11.8. The molecule has 0 aromatic heterocycles. The molecule has 2 amide bonds. The predicted molar refractivity (Wildman–Crippen MR) is 161 cm³/mol. The van der Waals surface area contributed by atoms with Gasteiger partial charge in [-0.25, -0.2) is 8.42 Å². The van der Waals surface area contributed by atoms with Crippen LogP contribution in [0.2, 0.25) is 10.0 Å². The first-order chi connectivity index (χ1) is 18.0. The lowest BCUT2D eigenvalue weighted by Crippen LogP contribution is -2.53. The number of carbonyl (C=O) groups is 2. The van der Waals surface area contributed by atoms with Crippen molar-refractivity contribution >= 4 is 73.3 Å². The van der Waals surface area contributed by atoms with Gasteiger partial charge in [0.1, 0.15) is 12.6 Å². The Labute approximate surface area is 247 Å². The Balaban J connectivity index is 2.08. The number of amides is 2. The SMILES string of the molecule is CCNC(=O)[C@@H](Cc1ccccc1)N(Cc1c(Cl)cccc1Cl)C(=O)CN(c1ccc(I)cc1)S(C)(=O)=O. The van der Waals surface area contributed by atoms with Crippen molar-refractivity contribution in [1.29, 1.82) is 0 Å². The van der Waals surface area contributed by atoms with Crippen LogP contribution in [0.5, 0.6) is 0 Å². The van der Waals surface area contributed by atoms with Crippen LogP contribution >= 0.6 is 45.8 Å². The largest absolute Gasteiger partial charge is 0.355 e. The van der Waals surface area contributed by atoms with Gasteiger partial charge in [-0.05, 0) is 71.5 Å². The minimum Gasteiger partial charge on any atom is -0.355 e. The molecule has 0 saturated carbocycles. The zero-order valence-electron chi connectivity index (χ0n) is 20.9. The second kappa shape index (κ2) is 13.6. The topological polar surface area (TPSA) is 86.8 Å². The summed E-state index contributed by atoms with van der Waals surface area (Å²) in [4.78, 5) is 28.7. The summed E-state index contributed by atoms with van der Waals surface area (Å²) in [6.45, 7) is 1.55. The number of halogens is 3. The Bertz CT molecular complexity index is 1350. The number of sulfonamides is 1. The van der Waals surface area contributed by atoms with E-state index in [1.807, 2.05) is 30.3 Å². The summed E-state index contributed by atoms with van der Waals surface area (Å²) in [5, 5.41) is 3.48. The Morgan fingerprint density at radius 1 is 0.947 bits per heavy atom. The number of nitrogens with one attached hydrogen (secondary N) is 1. The molecule has 0 spiro atoms. The number of nitrogens with zero attached hydrogens (tertiary/aromatic N) is 2. The number of hydrogen-bond donors (Lipinski definition) is 1. The fourth-order valence-electron chi connectivity index (χ4n) is 3.92. The average Bonchev–Trinajstić information content (AvgIpc) is 2.87. The number of likely N-dealkylation sites (N-methyl/N-ethyl adjacent to an activating group) is 1. The van der Waals surface area contributed by atoms with E-state index in [1.54, 1.807) is 49.4 Å². The van der Waals surface area contributed by atoms with Gasteiger partial charge in [-0.2, -0.15) is 0 Å². The monoisotopic (exact) mass is 687 g/mol. The molecule has 0 unspecified atom stereocenters. The smallest absolute Gasteiger partial charge is 0.244 e. The zero-order chi connectivity index (χ0) is 27.9. The van der Waals surface area contributed by atoms with E-state index in [9.17, 15) is 18.0 Å². The van der Waals surface area contributed by atoms with Crippen molar-refractivity contribution in [3.05, 3.63) is 97.5 Å². The highest BCUT2D eigenvalue weighted by molar-refractivity contribution is 14.1. The Morgan fingerprint density at radius 2 is 1.55 bits per heavy atom. The molecule has 0 radical (unpaired) electrons. The zero-order valence-corrected chi connectivity index (χ0v) is 25.4. The molecule has 0 fully saturated rings. The Hall–Kier alpha value is -2.34. The van der Waals surface area contributed by atoms with Gasteiger partial charge in [-0.3, -0.25) is 13.9 Å². The predicted octanol–water partition coefficient (Wildman–Crippen LogP) is 5.14. The Morgan fingerprint density at radius 3 is 2.11 bits per heavy atom. The van der Waals surface area contributed by atoms with Crippen molar-refractivity contribution in [1.82, 2.24) is 10.2 Å². The normalized spacial score (nSPS) is 12.0. The van der Waals surface area contributed by atoms with E-state index in [4.69, 9.17) is 23.2 Å². The van der Waals surface area contributed by atoms with E-state index in [1.165, 1.54) is 4.90 Å². The van der Waals surface area contributed by atoms with Crippen LogP contribution in [0.1, 0.15) is 18.1 Å². The van der Waals surface area contributed by atoms with Gasteiger partial charge in [-0.1, -0.05) is 59.6 Å². The quantitative estimate of drug-likeness (QED) is 0.283. The van der Waals surface area contributed by atoms with Crippen LogP contribution in [0.4, 0.5) is 5.69 Å². The van der Waals surface area contributed by atoms with Crippen molar-refractivity contribution < 1.29 is 18.0 Å². The van der Waals surface area contributed by atoms with Crippen molar-refractivity contribution in [2.45, 2.75) is 25.9 Å². The van der Waals surface area contributed by atoms with E-state index < -0.39 is 28.5 Å². The third-order valence-electron chi connectivity index (χ3n) is 5.81. The third-order valence-corrected chi connectivity index (χ3v) is 8.37. The van der Waals surface area contributed by atoms with E-state index in [2.05, 4.69) is 27.9 Å². The molecule has 0 aliphatic rings. The van der Waals surface area contributed by atoms with Crippen LogP contribution in [-0.4, -0.2) is 50.5 Å². The third kappa shape index (κ3) is 8.08. The highest BCUT2D eigenvalue weighted by atomic mass is 127. The van der Waals surface area contributed by atoms with Crippen LogP contribution in [0.15, 0.2) is 72.8 Å². The van der Waals surface area contributed by atoms with E-state index >= 15 is 0 Å². The molecule has 0 aliphatic carbocycles. The number of hydrogen-bond acceptors (Lipinski definition) is 4. The second-order valence-corrected chi connectivity index (χ2v) is 12.5. The maximum Gasteiger partial charge on any atom is 0.244 e. The van der Waals surface area contributed by atoms with Gasteiger partial charge >= 0.3 is 0 Å². The van der Waals surface area contributed by atoms with Gasteiger partial charge in [-0.15, -0.1) is 0 Å². The summed E-state index contributed by atoms with van der Waals surface area (Å²) < 4.78 is 27.5. The summed E-state index contributed by atoms with van der Waals surface area (Å²) >= 11 is 15.0. The molecule has 3 aromatic rings. The molecule has 7 nitrogen and oxygen atoms in total. The summed E-state index contributed by atoms with van der Waals surface area (Å²) in [5.41, 5.74) is 1.64. The number of anilines is 1. The first-order valence-corrected chi connectivity index (χ1v) is 15.5. The molecular formula is C27H28Cl2IN3O4S. The number of carbonyl (C=O) groups excluding carboxylic acids is 2. The number of benzene rings is 3. The van der Waals surface area contributed by atoms with Crippen molar-refractivity contribution in [3.8, 4) is 0 Å². The van der Waals surface area contributed by atoms with Crippen LogP contribution in [0.25, 0.3) is 0 Å². The lowest BCUT2D eigenvalue weighted by atomic mass is 10.0. The number of rotatable bonds is 11. The van der Waals surface area contributed by atoms with E-state index in [0.717, 1.165) is 19.7 Å². The molecule has 202 valence electrons.